The van der Waals surface area contributed by atoms with Gasteiger partial charge in [0, 0.05) is 12.6 Å². The summed E-state index contributed by atoms with van der Waals surface area (Å²) in [5.74, 6) is 2.32. The van der Waals surface area contributed by atoms with Crippen molar-refractivity contribution in [2.75, 3.05) is 13.3 Å². The Balaban J connectivity index is 1.50. The number of aryl methyl sites for hydroxylation is 1. The second-order valence-electron chi connectivity index (χ2n) is 5.98. The largest absolute Gasteiger partial charge is 0.454 e. The number of hydrogen-bond acceptors (Lipinski definition) is 5. The zero-order valence-corrected chi connectivity index (χ0v) is 12.9. The number of carbonyl (C=O) groups is 1. The monoisotopic (exact) mass is 314 g/mol. The van der Waals surface area contributed by atoms with Crippen LogP contribution in [0.25, 0.3) is 0 Å². The molecule has 1 aromatic heterocycles. The topological polar surface area (TPSA) is 64.8 Å². The van der Waals surface area contributed by atoms with Crippen LogP contribution >= 0.6 is 0 Å². The third-order valence-corrected chi connectivity index (χ3v) is 4.34. The normalized spacial score (nSPS) is 19.3. The van der Waals surface area contributed by atoms with Crippen LogP contribution in [-0.4, -0.2) is 29.3 Å². The van der Waals surface area contributed by atoms with Crippen molar-refractivity contribution in [1.29, 1.82) is 0 Å². The predicted molar refractivity (Wildman–Crippen MR) is 81.2 cm³/mol. The quantitative estimate of drug-likeness (QED) is 0.871. The first-order valence-corrected chi connectivity index (χ1v) is 7.82. The molecule has 0 bridgehead atoms. The summed E-state index contributed by atoms with van der Waals surface area (Å²) in [5.41, 5.74) is 1.77. The molecule has 2 aliphatic rings. The van der Waals surface area contributed by atoms with Crippen LogP contribution < -0.4 is 9.47 Å². The Morgan fingerprint density at radius 3 is 3.00 bits per heavy atom. The molecule has 23 heavy (non-hydrogen) atoms. The SMILES string of the molecule is Cc1cc(C2CCCN2C(=O)Cc2ccc3c(c2)OCO3)on1. The van der Waals surface area contributed by atoms with E-state index in [0.717, 1.165) is 42.2 Å². The van der Waals surface area contributed by atoms with Crippen molar-refractivity contribution >= 4 is 5.91 Å². The lowest BCUT2D eigenvalue weighted by molar-refractivity contribution is -0.131. The lowest BCUT2D eigenvalue weighted by atomic mass is 10.1. The molecule has 0 saturated carbocycles. The maximum absolute atomic E-state index is 12.7. The van der Waals surface area contributed by atoms with Crippen molar-refractivity contribution in [2.45, 2.75) is 32.2 Å². The van der Waals surface area contributed by atoms with Crippen LogP contribution in [-0.2, 0) is 11.2 Å². The first kappa shape index (κ1) is 14.1. The molecule has 1 unspecified atom stereocenters. The van der Waals surface area contributed by atoms with Gasteiger partial charge in [-0.15, -0.1) is 0 Å². The Morgan fingerprint density at radius 2 is 2.17 bits per heavy atom. The van der Waals surface area contributed by atoms with Gasteiger partial charge in [-0.05, 0) is 37.5 Å². The molecule has 3 heterocycles. The third kappa shape index (κ3) is 2.65. The lowest BCUT2D eigenvalue weighted by Crippen LogP contribution is -2.31. The fourth-order valence-corrected chi connectivity index (χ4v) is 3.23. The second kappa shape index (κ2) is 5.61. The molecule has 6 heteroatoms. The molecule has 120 valence electrons. The number of rotatable bonds is 3. The van der Waals surface area contributed by atoms with Crippen molar-refractivity contribution in [3.63, 3.8) is 0 Å². The summed E-state index contributed by atoms with van der Waals surface area (Å²) in [6.07, 6.45) is 2.25. The third-order valence-electron chi connectivity index (χ3n) is 4.34. The number of benzene rings is 1. The van der Waals surface area contributed by atoms with Gasteiger partial charge in [-0.2, -0.15) is 0 Å². The van der Waals surface area contributed by atoms with Crippen LogP contribution in [0.5, 0.6) is 11.5 Å². The zero-order valence-electron chi connectivity index (χ0n) is 12.9. The highest BCUT2D eigenvalue weighted by atomic mass is 16.7. The predicted octanol–water partition coefficient (Wildman–Crippen LogP) is 2.62. The number of ether oxygens (including phenoxy) is 2. The molecule has 0 N–H and O–H groups in total. The lowest BCUT2D eigenvalue weighted by Gasteiger charge is -2.22. The number of nitrogens with zero attached hydrogens (tertiary/aromatic N) is 2. The number of likely N-dealkylation sites (tertiary alicyclic amines) is 1. The summed E-state index contributed by atoms with van der Waals surface area (Å²) < 4.78 is 16.0. The summed E-state index contributed by atoms with van der Waals surface area (Å²) in [5, 5.41) is 3.93. The minimum absolute atomic E-state index is 0.00212. The average Bonchev–Trinajstić information content (AvgIpc) is 3.26. The fourth-order valence-electron chi connectivity index (χ4n) is 3.23. The van der Waals surface area contributed by atoms with E-state index in [4.69, 9.17) is 14.0 Å². The van der Waals surface area contributed by atoms with Crippen molar-refractivity contribution in [1.82, 2.24) is 10.1 Å². The standard InChI is InChI=1S/C17H18N2O4/c1-11-7-15(23-18-11)13-3-2-6-19(13)17(20)9-12-4-5-14-16(8-12)22-10-21-14/h4-5,7-8,13H,2-3,6,9-10H2,1H3. The first-order valence-electron chi connectivity index (χ1n) is 7.82. The van der Waals surface area contributed by atoms with E-state index in [1.54, 1.807) is 0 Å². The van der Waals surface area contributed by atoms with Crippen LogP contribution in [0.2, 0.25) is 0 Å². The van der Waals surface area contributed by atoms with E-state index < -0.39 is 0 Å². The van der Waals surface area contributed by atoms with E-state index in [1.165, 1.54) is 0 Å². The summed E-state index contributed by atoms with van der Waals surface area (Å²) in [6, 6.07) is 7.56. The molecule has 4 rings (SSSR count). The van der Waals surface area contributed by atoms with E-state index in [0.29, 0.717) is 12.2 Å². The van der Waals surface area contributed by atoms with Crippen LogP contribution in [0.3, 0.4) is 0 Å². The first-order chi connectivity index (χ1) is 11.2. The molecule has 1 fully saturated rings. The number of amides is 1. The van der Waals surface area contributed by atoms with Crippen molar-refractivity contribution in [2.24, 2.45) is 0 Å². The molecule has 0 aliphatic carbocycles. The van der Waals surface area contributed by atoms with Crippen molar-refractivity contribution < 1.29 is 18.8 Å². The average molecular weight is 314 g/mol. The van der Waals surface area contributed by atoms with Crippen LogP contribution in [0.4, 0.5) is 0 Å². The van der Waals surface area contributed by atoms with Crippen molar-refractivity contribution in [3.05, 3.63) is 41.3 Å². The van der Waals surface area contributed by atoms with Gasteiger partial charge in [-0.25, -0.2) is 0 Å². The summed E-state index contributed by atoms with van der Waals surface area (Å²) >= 11 is 0. The van der Waals surface area contributed by atoms with Crippen LogP contribution in [0.1, 0.15) is 35.9 Å². The molecule has 1 amide bonds. The summed E-state index contributed by atoms with van der Waals surface area (Å²) in [6.45, 7) is 2.89. The van der Waals surface area contributed by atoms with Gasteiger partial charge in [-0.3, -0.25) is 4.79 Å². The minimum Gasteiger partial charge on any atom is -0.454 e. The Morgan fingerprint density at radius 1 is 1.30 bits per heavy atom. The molecule has 1 aromatic carbocycles. The molecule has 1 saturated heterocycles. The van der Waals surface area contributed by atoms with E-state index >= 15 is 0 Å². The van der Waals surface area contributed by atoms with Gasteiger partial charge in [0.25, 0.3) is 0 Å². The van der Waals surface area contributed by atoms with Crippen LogP contribution in [0, 0.1) is 6.92 Å². The van der Waals surface area contributed by atoms with E-state index in [9.17, 15) is 4.79 Å². The molecule has 2 aromatic rings. The highest BCUT2D eigenvalue weighted by molar-refractivity contribution is 5.79. The molecule has 2 aliphatic heterocycles. The Bertz CT molecular complexity index is 740. The summed E-state index contributed by atoms with van der Waals surface area (Å²) in [4.78, 5) is 14.6. The van der Waals surface area contributed by atoms with E-state index in [2.05, 4.69) is 5.16 Å². The van der Waals surface area contributed by atoms with Gasteiger partial charge >= 0.3 is 0 Å². The fraction of sp³-hybridized carbons (Fsp3) is 0.412. The maximum Gasteiger partial charge on any atom is 0.231 e. The van der Waals surface area contributed by atoms with Gasteiger partial charge in [-0.1, -0.05) is 11.2 Å². The molecule has 1 atom stereocenters. The van der Waals surface area contributed by atoms with Gasteiger partial charge in [0.1, 0.15) is 0 Å². The van der Waals surface area contributed by atoms with Gasteiger partial charge in [0.15, 0.2) is 17.3 Å². The van der Waals surface area contributed by atoms with Gasteiger partial charge < -0.3 is 18.9 Å². The summed E-state index contributed by atoms with van der Waals surface area (Å²) in [7, 11) is 0. The smallest absolute Gasteiger partial charge is 0.231 e. The van der Waals surface area contributed by atoms with Crippen molar-refractivity contribution in [3.8, 4) is 11.5 Å². The second-order valence-corrected chi connectivity index (χ2v) is 5.98. The van der Waals surface area contributed by atoms with Gasteiger partial charge in [0.05, 0.1) is 18.2 Å². The van der Waals surface area contributed by atoms with E-state index in [1.807, 2.05) is 36.1 Å². The molecule has 6 nitrogen and oxygen atoms in total. The molecule has 0 radical (unpaired) electrons. The maximum atomic E-state index is 12.7. The number of carbonyl (C=O) groups excluding carboxylic acids is 1. The highest BCUT2D eigenvalue weighted by Crippen LogP contribution is 2.35. The Labute approximate surface area is 134 Å². The Kier molecular flexibility index (Phi) is 3.44. The minimum atomic E-state index is -0.00212. The number of hydrogen-bond donors (Lipinski definition) is 0. The van der Waals surface area contributed by atoms with E-state index in [-0.39, 0.29) is 18.7 Å². The Hall–Kier alpha value is -2.50. The molecular weight excluding hydrogens is 296 g/mol. The van der Waals surface area contributed by atoms with Crippen LogP contribution in [0.15, 0.2) is 28.8 Å². The number of aromatic nitrogens is 1. The highest BCUT2D eigenvalue weighted by Gasteiger charge is 2.32. The molecular formula is C17H18N2O4. The van der Waals surface area contributed by atoms with Gasteiger partial charge in [0.2, 0.25) is 12.7 Å². The number of fused-ring (bicyclic) bond motifs is 1. The zero-order chi connectivity index (χ0) is 15.8. The molecule has 0 spiro atoms.